The molecule has 0 unspecified atom stereocenters. The number of aromatic nitrogens is 2. The van der Waals surface area contributed by atoms with Crippen LogP contribution in [0.4, 0.5) is 11.6 Å². The van der Waals surface area contributed by atoms with Crippen LogP contribution in [0.3, 0.4) is 0 Å². The van der Waals surface area contributed by atoms with E-state index in [1.54, 1.807) is 24.3 Å². The Bertz CT molecular complexity index is 832. The van der Waals surface area contributed by atoms with Crippen LogP contribution in [0.15, 0.2) is 41.3 Å². The minimum absolute atomic E-state index is 0.286. The number of anilines is 2. The molecule has 146 valence electrons. The molecular formula is C18H25N5O3S. The summed E-state index contributed by atoms with van der Waals surface area (Å²) in [7, 11) is -3.51. The average Bonchev–Trinajstić information content (AvgIpc) is 2.70. The van der Waals surface area contributed by atoms with E-state index in [0.717, 1.165) is 18.2 Å². The Morgan fingerprint density at radius 3 is 2.26 bits per heavy atom. The molecule has 0 radical (unpaired) electrons. The molecule has 1 aromatic heterocycles. The van der Waals surface area contributed by atoms with Gasteiger partial charge in [-0.2, -0.15) is 4.31 Å². The summed E-state index contributed by atoms with van der Waals surface area (Å²) in [6, 6.07) is 10.4. The minimum Gasteiger partial charge on any atom is -0.494 e. The Kier molecular flexibility index (Phi) is 6.12. The Morgan fingerprint density at radius 2 is 1.70 bits per heavy atom. The second-order valence-electron chi connectivity index (χ2n) is 6.10. The van der Waals surface area contributed by atoms with Crippen LogP contribution in [0.25, 0.3) is 0 Å². The summed E-state index contributed by atoms with van der Waals surface area (Å²) in [6.07, 6.45) is 0. The van der Waals surface area contributed by atoms with Crippen molar-refractivity contribution >= 4 is 21.7 Å². The molecular weight excluding hydrogens is 366 g/mol. The highest BCUT2D eigenvalue weighted by atomic mass is 32.2. The van der Waals surface area contributed by atoms with Gasteiger partial charge in [-0.1, -0.05) is 0 Å². The quantitative estimate of drug-likeness (QED) is 0.770. The summed E-state index contributed by atoms with van der Waals surface area (Å²) in [6.45, 7) is 7.19. The number of nitrogens with zero attached hydrogens (tertiary/aromatic N) is 4. The van der Waals surface area contributed by atoms with Crippen molar-refractivity contribution in [3.8, 4) is 5.75 Å². The lowest BCUT2D eigenvalue weighted by Crippen LogP contribution is -2.49. The predicted octanol–water partition coefficient (Wildman–Crippen LogP) is 1.82. The average molecular weight is 391 g/mol. The molecule has 1 fully saturated rings. The normalized spacial score (nSPS) is 15.6. The molecule has 1 saturated heterocycles. The fourth-order valence-electron chi connectivity index (χ4n) is 2.95. The van der Waals surface area contributed by atoms with E-state index in [0.29, 0.717) is 38.5 Å². The number of piperazine rings is 1. The summed E-state index contributed by atoms with van der Waals surface area (Å²) in [5.41, 5.74) is 0. The van der Waals surface area contributed by atoms with E-state index in [1.807, 2.05) is 30.9 Å². The van der Waals surface area contributed by atoms with Gasteiger partial charge in [0.2, 0.25) is 10.0 Å². The molecule has 0 saturated carbocycles. The second kappa shape index (κ2) is 8.53. The molecule has 8 nitrogen and oxygen atoms in total. The third kappa shape index (κ3) is 4.48. The predicted molar refractivity (Wildman–Crippen MR) is 105 cm³/mol. The second-order valence-corrected chi connectivity index (χ2v) is 8.04. The Hall–Kier alpha value is -2.39. The molecule has 1 aliphatic heterocycles. The number of sulfonamides is 1. The highest BCUT2D eigenvalue weighted by molar-refractivity contribution is 7.89. The van der Waals surface area contributed by atoms with Crippen molar-refractivity contribution < 1.29 is 13.2 Å². The standard InChI is InChI=1S/C18H25N5O3S/c1-3-19-17-9-10-18(21-20-17)22-11-13-23(14-12-22)27(24,25)16-7-5-15(6-8-16)26-4-2/h5-10H,3-4,11-14H2,1-2H3,(H,19,20). The van der Waals surface area contributed by atoms with Crippen LogP contribution in [-0.2, 0) is 10.0 Å². The number of rotatable bonds is 7. The van der Waals surface area contributed by atoms with Crippen molar-refractivity contribution in [3.63, 3.8) is 0 Å². The molecule has 3 rings (SSSR count). The van der Waals surface area contributed by atoms with E-state index < -0.39 is 10.0 Å². The van der Waals surface area contributed by atoms with Gasteiger partial charge < -0.3 is 15.0 Å². The summed E-state index contributed by atoms with van der Waals surface area (Å²) in [5.74, 6) is 2.16. The highest BCUT2D eigenvalue weighted by Crippen LogP contribution is 2.22. The van der Waals surface area contributed by atoms with Gasteiger partial charge in [-0.3, -0.25) is 0 Å². The van der Waals surface area contributed by atoms with Crippen molar-refractivity contribution in [2.45, 2.75) is 18.7 Å². The monoisotopic (exact) mass is 391 g/mol. The zero-order valence-electron chi connectivity index (χ0n) is 15.6. The van der Waals surface area contributed by atoms with Gasteiger partial charge in [0.15, 0.2) is 5.82 Å². The Balaban J connectivity index is 1.63. The van der Waals surface area contributed by atoms with Crippen LogP contribution in [0.1, 0.15) is 13.8 Å². The molecule has 0 bridgehead atoms. The van der Waals surface area contributed by atoms with Crippen LogP contribution in [0.5, 0.6) is 5.75 Å². The lowest BCUT2D eigenvalue weighted by molar-refractivity contribution is 0.340. The lowest BCUT2D eigenvalue weighted by atomic mass is 10.3. The van der Waals surface area contributed by atoms with Crippen LogP contribution in [0, 0.1) is 0 Å². The molecule has 9 heteroatoms. The maximum atomic E-state index is 12.8. The molecule has 2 aromatic rings. The first-order chi connectivity index (χ1) is 13.0. The van der Waals surface area contributed by atoms with Gasteiger partial charge in [-0.15, -0.1) is 10.2 Å². The molecule has 1 aliphatic rings. The fourth-order valence-corrected chi connectivity index (χ4v) is 4.37. The van der Waals surface area contributed by atoms with Gasteiger partial charge in [0, 0.05) is 32.7 Å². The molecule has 1 N–H and O–H groups in total. The maximum absolute atomic E-state index is 12.8. The van der Waals surface area contributed by atoms with Gasteiger partial charge in [0.05, 0.1) is 11.5 Å². The molecule has 0 spiro atoms. The number of hydrogen-bond acceptors (Lipinski definition) is 7. The summed E-state index contributed by atoms with van der Waals surface area (Å²) in [4.78, 5) is 2.33. The molecule has 1 aromatic carbocycles. The molecule has 2 heterocycles. The zero-order chi connectivity index (χ0) is 19.3. The molecule has 0 atom stereocenters. The molecule has 0 aliphatic carbocycles. The van der Waals surface area contributed by atoms with E-state index in [4.69, 9.17) is 4.74 Å². The van der Waals surface area contributed by atoms with Crippen LogP contribution in [-0.4, -0.2) is 62.3 Å². The van der Waals surface area contributed by atoms with Gasteiger partial charge in [0.1, 0.15) is 11.6 Å². The third-order valence-corrected chi connectivity index (χ3v) is 6.26. The fraction of sp³-hybridized carbons (Fsp3) is 0.444. The number of ether oxygens (including phenoxy) is 1. The van der Waals surface area contributed by atoms with Gasteiger partial charge in [0.25, 0.3) is 0 Å². The first-order valence-electron chi connectivity index (χ1n) is 9.10. The molecule has 27 heavy (non-hydrogen) atoms. The largest absolute Gasteiger partial charge is 0.494 e. The van der Waals surface area contributed by atoms with Gasteiger partial charge in [-0.05, 0) is 50.2 Å². The van der Waals surface area contributed by atoms with Crippen molar-refractivity contribution in [1.29, 1.82) is 0 Å². The van der Waals surface area contributed by atoms with Crippen LogP contribution in [0.2, 0.25) is 0 Å². The van der Waals surface area contributed by atoms with Gasteiger partial charge >= 0.3 is 0 Å². The third-order valence-electron chi connectivity index (χ3n) is 4.34. The van der Waals surface area contributed by atoms with Crippen LogP contribution >= 0.6 is 0 Å². The first-order valence-corrected chi connectivity index (χ1v) is 10.5. The van der Waals surface area contributed by atoms with E-state index >= 15 is 0 Å². The van der Waals surface area contributed by atoms with E-state index in [9.17, 15) is 8.42 Å². The number of nitrogens with one attached hydrogen (secondary N) is 1. The minimum atomic E-state index is -3.51. The number of hydrogen-bond donors (Lipinski definition) is 1. The van der Waals surface area contributed by atoms with E-state index in [-0.39, 0.29) is 4.90 Å². The van der Waals surface area contributed by atoms with Crippen molar-refractivity contribution in [1.82, 2.24) is 14.5 Å². The zero-order valence-corrected chi connectivity index (χ0v) is 16.4. The number of benzene rings is 1. The molecule has 0 amide bonds. The topological polar surface area (TPSA) is 87.7 Å². The van der Waals surface area contributed by atoms with E-state index in [2.05, 4.69) is 15.5 Å². The summed E-state index contributed by atoms with van der Waals surface area (Å²) < 4.78 is 32.6. The first kappa shape index (κ1) is 19.4. The summed E-state index contributed by atoms with van der Waals surface area (Å²) in [5, 5.41) is 11.5. The smallest absolute Gasteiger partial charge is 0.243 e. The van der Waals surface area contributed by atoms with Crippen molar-refractivity contribution in [2.24, 2.45) is 0 Å². The van der Waals surface area contributed by atoms with Crippen LogP contribution < -0.4 is 15.0 Å². The highest BCUT2D eigenvalue weighted by Gasteiger charge is 2.29. The van der Waals surface area contributed by atoms with Crippen molar-refractivity contribution in [3.05, 3.63) is 36.4 Å². The summed E-state index contributed by atoms with van der Waals surface area (Å²) >= 11 is 0. The van der Waals surface area contributed by atoms with E-state index in [1.165, 1.54) is 4.31 Å². The Labute approximate surface area is 160 Å². The van der Waals surface area contributed by atoms with Crippen molar-refractivity contribution in [2.75, 3.05) is 49.5 Å². The van der Waals surface area contributed by atoms with Gasteiger partial charge in [-0.25, -0.2) is 8.42 Å². The SMILES string of the molecule is CCNc1ccc(N2CCN(S(=O)(=O)c3ccc(OCC)cc3)CC2)nn1. The lowest BCUT2D eigenvalue weighted by Gasteiger charge is -2.34. The Morgan fingerprint density at radius 1 is 1.00 bits per heavy atom. The maximum Gasteiger partial charge on any atom is 0.243 e.